The van der Waals surface area contributed by atoms with Crippen molar-refractivity contribution >= 4 is 5.97 Å². The van der Waals surface area contributed by atoms with Crippen LogP contribution in [0.2, 0.25) is 0 Å². The molecule has 1 aliphatic rings. The molecular weight excluding hydrogens is 154 g/mol. The predicted octanol–water partition coefficient (Wildman–Crippen LogP) is 1.14. The van der Waals surface area contributed by atoms with Gasteiger partial charge in [0.2, 0.25) is 0 Å². The molecule has 12 heavy (non-hydrogen) atoms. The Kier molecular flexibility index (Phi) is 3.29. The third kappa shape index (κ3) is 2.66. The third-order valence-corrected chi connectivity index (χ3v) is 2.33. The van der Waals surface area contributed by atoms with Crippen molar-refractivity contribution in [1.29, 1.82) is 0 Å². The fourth-order valence-electron chi connectivity index (χ4n) is 1.57. The van der Waals surface area contributed by atoms with Crippen LogP contribution in [-0.2, 0) is 4.79 Å². The van der Waals surface area contributed by atoms with E-state index in [2.05, 4.69) is 12.2 Å². The lowest BCUT2D eigenvalue weighted by molar-refractivity contribution is -0.137. The van der Waals surface area contributed by atoms with Crippen molar-refractivity contribution in [1.82, 2.24) is 0 Å². The van der Waals surface area contributed by atoms with Gasteiger partial charge in [0.25, 0.3) is 0 Å². The number of rotatable bonds is 3. The first kappa shape index (κ1) is 9.26. The number of hydrogen-bond donors (Lipinski definition) is 2. The maximum Gasteiger partial charge on any atom is 0.304 e. The number of allylic oxidation sites excluding steroid dienone is 2. The molecule has 3 heteroatoms. The summed E-state index contributed by atoms with van der Waals surface area (Å²) in [4.78, 5) is 10.4. The molecule has 1 rings (SSSR count). The molecule has 3 N–H and O–H groups in total. The third-order valence-electron chi connectivity index (χ3n) is 2.33. The van der Waals surface area contributed by atoms with E-state index in [-0.39, 0.29) is 12.5 Å². The van der Waals surface area contributed by atoms with Crippen LogP contribution in [0.3, 0.4) is 0 Å². The highest BCUT2D eigenvalue weighted by molar-refractivity contribution is 5.67. The van der Waals surface area contributed by atoms with E-state index in [0.717, 1.165) is 19.3 Å². The van der Waals surface area contributed by atoms with Crippen LogP contribution < -0.4 is 5.73 Å². The molecule has 0 radical (unpaired) electrons. The van der Waals surface area contributed by atoms with Crippen molar-refractivity contribution in [3.8, 4) is 0 Å². The summed E-state index contributed by atoms with van der Waals surface area (Å²) in [5.41, 5.74) is 5.73. The average Bonchev–Trinajstić information content (AvgIpc) is 2.05. The van der Waals surface area contributed by atoms with Gasteiger partial charge < -0.3 is 10.8 Å². The van der Waals surface area contributed by atoms with Gasteiger partial charge in [0.05, 0.1) is 6.42 Å². The molecule has 0 aromatic carbocycles. The minimum atomic E-state index is -0.794. The van der Waals surface area contributed by atoms with Crippen molar-refractivity contribution in [3.05, 3.63) is 12.2 Å². The SMILES string of the molecule is N[C@@H](CC(=O)O)C1CC=CCC1. The number of carboxylic acid groups (broad SMARTS) is 1. The number of hydrogen-bond acceptors (Lipinski definition) is 2. The minimum absolute atomic E-state index is 0.0957. The van der Waals surface area contributed by atoms with Crippen molar-refractivity contribution in [2.75, 3.05) is 0 Å². The van der Waals surface area contributed by atoms with Gasteiger partial charge in [-0.15, -0.1) is 0 Å². The first-order valence-electron chi connectivity index (χ1n) is 4.32. The maximum absolute atomic E-state index is 10.4. The molecule has 0 saturated heterocycles. The van der Waals surface area contributed by atoms with E-state index in [4.69, 9.17) is 10.8 Å². The van der Waals surface area contributed by atoms with Crippen molar-refractivity contribution < 1.29 is 9.90 Å². The summed E-state index contributed by atoms with van der Waals surface area (Å²) in [5.74, 6) is -0.428. The molecule has 3 nitrogen and oxygen atoms in total. The Hall–Kier alpha value is -0.830. The molecule has 0 amide bonds. The Balaban J connectivity index is 2.35. The quantitative estimate of drug-likeness (QED) is 0.623. The summed E-state index contributed by atoms with van der Waals surface area (Å²) < 4.78 is 0. The molecule has 1 aliphatic carbocycles. The zero-order chi connectivity index (χ0) is 8.97. The first-order valence-corrected chi connectivity index (χ1v) is 4.32. The number of carbonyl (C=O) groups is 1. The molecule has 2 atom stereocenters. The Morgan fingerprint density at radius 3 is 2.92 bits per heavy atom. The van der Waals surface area contributed by atoms with Gasteiger partial charge in [-0.1, -0.05) is 12.2 Å². The van der Waals surface area contributed by atoms with Gasteiger partial charge in [0.15, 0.2) is 0 Å². The molecule has 1 unspecified atom stereocenters. The van der Waals surface area contributed by atoms with Crippen LogP contribution in [0.4, 0.5) is 0 Å². The van der Waals surface area contributed by atoms with E-state index in [9.17, 15) is 4.79 Å². The van der Waals surface area contributed by atoms with Crippen LogP contribution in [-0.4, -0.2) is 17.1 Å². The summed E-state index contributed by atoms with van der Waals surface area (Å²) in [6, 6.07) is -0.174. The zero-order valence-electron chi connectivity index (χ0n) is 7.07. The second-order valence-electron chi connectivity index (χ2n) is 3.31. The summed E-state index contributed by atoms with van der Waals surface area (Å²) in [6.07, 6.45) is 7.33. The highest BCUT2D eigenvalue weighted by Gasteiger charge is 2.20. The summed E-state index contributed by atoms with van der Waals surface area (Å²) in [6.45, 7) is 0. The van der Waals surface area contributed by atoms with E-state index >= 15 is 0 Å². The Labute approximate surface area is 72.3 Å². The fraction of sp³-hybridized carbons (Fsp3) is 0.667. The van der Waals surface area contributed by atoms with E-state index in [1.54, 1.807) is 0 Å². The van der Waals surface area contributed by atoms with Crippen molar-refractivity contribution in [2.24, 2.45) is 11.7 Å². The normalized spacial score (nSPS) is 25.2. The lowest BCUT2D eigenvalue weighted by Crippen LogP contribution is -2.32. The second-order valence-corrected chi connectivity index (χ2v) is 3.31. The maximum atomic E-state index is 10.4. The molecular formula is C9H15NO2. The zero-order valence-corrected chi connectivity index (χ0v) is 7.07. The smallest absolute Gasteiger partial charge is 0.304 e. The Morgan fingerprint density at radius 1 is 1.67 bits per heavy atom. The van der Waals surface area contributed by atoms with E-state index in [0.29, 0.717) is 5.92 Å². The monoisotopic (exact) mass is 169 g/mol. The molecule has 68 valence electrons. The lowest BCUT2D eigenvalue weighted by Gasteiger charge is -2.23. The van der Waals surface area contributed by atoms with Gasteiger partial charge in [-0.2, -0.15) is 0 Å². The van der Waals surface area contributed by atoms with Crippen LogP contribution in [0.5, 0.6) is 0 Å². The predicted molar refractivity (Wildman–Crippen MR) is 46.7 cm³/mol. The highest BCUT2D eigenvalue weighted by Crippen LogP contribution is 2.21. The average molecular weight is 169 g/mol. The molecule has 0 spiro atoms. The highest BCUT2D eigenvalue weighted by atomic mass is 16.4. The second kappa shape index (κ2) is 4.26. The van der Waals surface area contributed by atoms with Crippen LogP contribution in [0.1, 0.15) is 25.7 Å². The number of carboxylic acids is 1. The van der Waals surface area contributed by atoms with Gasteiger partial charge in [-0.3, -0.25) is 4.79 Å². The minimum Gasteiger partial charge on any atom is -0.481 e. The van der Waals surface area contributed by atoms with E-state index in [1.807, 2.05) is 0 Å². The van der Waals surface area contributed by atoms with Crippen LogP contribution in [0.25, 0.3) is 0 Å². The van der Waals surface area contributed by atoms with Gasteiger partial charge in [0.1, 0.15) is 0 Å². The molecule has 0 aliphatic heterocycles. The Morgan fingerprint density at radius 2 is 2.42 bits per heavy atom. The molecule has 0 aromatic rings. The molecule has 0 bridgehead atoms. The number of aliphatic carboxylic acids is 1. The molecule has 0 saturated carbocycles. The van der Waals surface area contributed by atoms with E-state index < -0.39 is 5.97 Å². The lowest BCUT2D eigenvalue weighted by atomic mass is 9.87. The molecule has 0 fully saturated rings. The summed E-state index contributed by atoms with van der Waals surface area (Å²) >= 11 is 0. The van der Waals surface area contributed by atoms with E-state index in [1.165, 1.54) is 0 Å². The first-order chi connectivity index (χ1) is 5.70. The van der Waals surface area contributed by atoms with Crippen molar-refractivity contribution in [3.63, 3.8) is 0 Å². The number of nitrogens with two attached hydrogens (primary N) is 1. The van der Waals surface area contributed by atoms with Gasteiger partial charge in [-0.05, 0) is 25.2 Å². The van der Waals surface area contributed by atoms with Crippen LogP contribution in [0, 0.1) is 5.92 Å². The van der Waals surface area contributed by atoms with Crippen LogP contribution in [0.15, 0.2) is 12.2 Å². The van der Waals surface area contributed by atoms with Gasteiger partial charge in [-0.25, -0.2) is 0 Å². The Bertz CT molecular complexity index is 189. The fourth-order valence-corrected chi connectivity index (χ4v) is 1.57. The molecule has 0 aromatic heterocycles. The summed E-state index contributed by atoms with van der Waals surface area (Å²) in [7, 11) is 0. The van der Waals surface area contributed by atoms with Gasteiger partial charge >= 0.3 is 5.97 Å². The summed E-state index contributed by atoms with van der Waals surface area (Å²) in [5, 5.41) is 8.52. The van der Waals surface area contributed by atoms with Crippen molar-refractivity contribution in [2.45, 2.75) is 31.7 Å². The van der Waals surface area contributed by atoms with Crippen LogP contribution >= 0.6 is 0 Å². The standard InChI is InChI=1S/C9H15NO2/c10-8(6-9(11)12)7-4-2-1-3-5-7/h1-2,7-8H,3-6,10H2,(H,11,12)/t7?,8-/m0/s1. The topological polar surface area (TPSA) is 63.3 Å². The molecule has 0 heterocycles. The van der Waals surface area contributed by atoms with Gasteiger partial charge in [0, 0.05) is 6.04 Å². The largest absolute Gasteiger partial charge is 0.481 e.